The minimum atomic E-state index is -0.227. The molecule has 6 heteroatoms. The molecule has 4 nitrogen and oxygen atoms in total. The fraction of sp³-hybridized carbons (Fsp3) is 0.417. The third-order valence-corrected chi connectivity index (χ3v) is 2.95. The number of para-hydroxylation sites is 1. The summed E-state index contributed by atoms with van der Waals surface area (Å²) >= 11 is 11.9. The van der Waals surface area contributed by atoms with Gasteiger partial charge in [0, 0.05) is 13.2 Å². The Hall–Kier alpha value is -0.810. The summed E-state index contributed by atoms with van der Waals surface area (Å²) in [5.74, 6) is -0.114. The quantitative estimate of drug-likeness (QED) is 0.752. The van der Waals surface area contributed by atoms with Crippen molar-refractivity contribution in [2.75, 3.05) is 25.0 Å². The Morgan fingerprint density at radius 2 is 2.00 bits per heavy atom. The Labute approximate surface area is 116 Å². The molecular formula is C12H16Cl2N2O2. The number of benzene rings is 1. The first-order valence-corrected chi connectivity index (χ1v) is 6.35. The van der Waals surface area contributed by atoms with Crippen LogP contribution in [0.2, 0.25) is 10.0 Å². The van der Waals surface area contributed by atoms with E-state index < -0.39 is 0 Å². The van der Waals surface area contributed by atoms with Gasteiger partial charge >= 0.3 is 0 Å². The van der Waals surface area contributed by atoms with Crippen LogP contribution in [0.3, 0.4) is 0 Å². The van der Waals surface area contributed by atoms with Crippen LogP contribution >= 0.6 is 23.2 Å². The van der Waals surface area contributed by atoms with Crippen molar-refractivity contribution in [3.8, 4) is 0 Å². The van der Waals surface area contributed by atoms with Crippen molar-refractivity contribution in [3.05, 3.63) is 28.2 Å². The zero-order valence-electron chi connectivity index (χ0n) is 10.0. The Morgan fingerprint density at radius 3 is 2.56 bits per heavy atom. The van der Waals surface area contributed by atoms with E-state index >= 15 is 0 Å². The van der Waals surface area contributed by atoms with Crippen molar-refractivity contribution >= 4 is 34.8 Å². The average molecular weight is 291 g/mol. The molecule has 0 radical (unpaired) electrons. The molecule has 0 saturated heterocycles. The van der Waals surface area contributed by atoms with Crippen molar-refractivity contribution in [2.24, 2.45) is 5.92 Å². The van der Waals surface area contributed by atoms with Crippen molar-refractivity contribution in [1.82, 2.24) is 5.32 Å². The lowest BCUT2D eigenvalue weighted by Crippen LogP contribution is -2.32. The molecular weight excluding hydrogens is 275 g/mol. The highest BCUT2D eigenvalue weighted by Crippen LogP contribution is 2.29. The van der Waals surface area contributed by atoms with Gasteiger partial charge in [-0.2, -0.15) is 0 Å². The van der Waals surface area contributed by atoms with Crippen molar-refractivity contribution in [3.63, 3.8) is 0 Å². The molecule has 3 N–H and O–H groups in total. The van der Waals surface area contributed by atoms with Crippen LogP contribution in [0.5, 0.6) is 0 Å². The molecule has 0 aromatic heterocycles. The molecule has 0 spiro atoms. The third kappa shape index (κ3) is 4.82. The zero-order chi connectivity index (χ0) is 13.5. The van der Waals surface area contributed by atoms with Crippen LogP contribution in [0.15, 0.2) is 18.2 Å². The second kappa shape index (κ2) is 7.59. The van der Waals surface area contributed by atoms with Crippen molar-refractivity contribution in [1.29, 1.82) is 0 Å². The number of rotatable bonds is 6. The maximum Gasteiger partial charge on any atom is 0.238 e. The van der Waals surface area contributed by atoms with E-state index in [0.29, 0.717) is 22.3 Å². The maximum absolute atomic E-state index is 11.6. The van der Waals surface area contributed by atoms with Gasteiger partial charge in [-0.15, -0.1) is 0 Å². The number of carbonyl (C=O) groups excluding carboxylic acids is 1. The molecule has 0 fully saturated rings. The minimum absolute atomic E-state index is 0.0883. The lowest BCUT2D eigenvalue weighted by Gasteiger charge is -2.11. The number of halogens is 2. The predicted octanol–water partition coefficient (Wildman–Crippen LogP) is 2.15. The van der Waals surface area contributed by atoms with E-state index in [0.717, 1.165) is 0 Å². The molecule has 100 valence electrons. The second-order valence-corrected chi connectivity index (χ2v) is 4.88. The smallest absolute Gasteiger partial charge is 0.238 e. The molecule has 1 atom stereocenters. The first kappa shape index (κ1) is 15.2. The number of carbonyl (C=O) groups is 1. The summed E-state index contributed by atoms with van der Waals surface area (Å²) in [6.07, 6.45) is 0. The van der Waals surface area contributed by atoms with Gasteiger partial charge in [-0.3, -0.25) is 4.79 Å². The largest absolute Gasteiger partial charge is 0.396 e. The SMILES string of the molecule is CC(CO)CNCC(=O)Nc1c(Cl)cccc1Cl. The molecule has 1 aromatic carbocycles. The molecule has 0 aliphatic heterocycles. The Balaban J connectivity index is 2.45. The zero-order valence-corrected chi connectivity index (χ0v) is 11.6. The van der Waals surface area contributed by atoms with Crippen molar-refractivity contribution < 1.29 is 9.90 Å². The average Bonchev–Trinajstić information content (AvgIpc) is 2.34. The summed E-state index contributed by atoms with van der Waals surface area (Å²) in [7, 11) is 0. The van der Waals surface area contributed by atoms with E-state index in [1.165, 1.54) is 0 Å². The molecule has 0 bridgehead atoms. The topological polar surface area (TPSA) is 61.4 Å². The summed E-state index contributed by atoms with van der Waals surface area (Å²) < 4.78 is 0. The highest BCUT2D eigenvalue weighted by molar-refractivity contribution is 6.39. The van der Waals surface area contributed by atoms with Gasteiger partial charge in [-0.25, -0.2) is 0 Å². The van der Waals surface area contributed by atoms with Crippen LogP contribution in [-0.4, -0.2) is 30.7 Å². The highest BCUT2D eigenvalue weighted by atomic mass is 35.5. The maximum atomic E-state index is 11.6. The lowest BCUT2D eigenvalue weighted by atomic mass is 10.2. The fourth-order valence-electron chi connectivity index (χ4n) is 1.30. The van der Waals surface area contributed by atoms with Gasteiger partial charge < -0.3 is 15.7 Å². The molecule has 0 heterocycles. The van der Waals surface area contributed by atoms with Crippen LogP contribution in [-0.2, 0) is 4.79 Å². The first-order chi connectivity index (χ1) is 8.54. The summed E-state index contributed by atoms with van der Waals surface area (Å²) in [4.78, 5) is 11.6. The van der Waals surface area contributed by atoms with Gasteiger partial charge in [0.1, 0.15) is 0 Å². The highest BCUT2D eigenvalue weighted by Gasteiger charge is 2.09. The van der Waals surface area contributed by atoms with E-state index in [2.05, 4.69) is 10.6 Å². The van der Waals surface area contributed by atoms with Crippen LogP contribution < -0.4 is 10.6 Å². The van der Waals surface area contributed by atoms with E-state index in [9.17, 15) is 4.79 Å². The number of hydrogen-bond acceptors (Lipinski definition) is 3. The first-order valence-electron chi connectivity index (χ1n) is 5.60. The van der Waals surface area contributed by atoms with Gasteiger partial charge in [0.05, 0.1) is 22.3 Å². The Bertz CT molecular complexity index is 393. The summed E-state index contributed by atoms with van der Waals surface area (Å²) in [6, 6.07) is 5.02. The van der Waals surface area contributed by atoms with Gasteiger partial charge in [0.15, 0.2) is 0 Å². The summed E-state index contributed by atoms with van der Waals surface area (Å²) in [6.45, 7) is 2.69. The monoisotopic (exact) mass is 290 g/mol. The van der Waals surface area contributed by atoms with Gasteiger partial charge in [0.2, 0.25) is 5.91 Å². The van der Waals surface area contributed by atoms with Crippen LogP contribution in [0.1, 0.15) is 6.92 Å². The van der Waals surface area contributed by atoms with E-state index in [4.69, 9.17) is 28.3 Å². The molecule has 1 unspecified atom stereocenters. The molecule has 0 saturated carbocycles. The van der Waals surface area contributed by atoms with E-state index in [1.54, 1.807) is 18.2 Å². The molecule has 1 aromatic rings. The molecule has 0 aliphatic rings. The molecule has 1 rings (SSSR count). The predicted molar refractivity (Wildman–Crippen MR) is 74.2 cm³/mol. The molecule has 0 aliphatic carbocycles. The minimum Gasteiger partial charge on any atom is -0.396 e. The number of hydrogen-bond donors (Lipinski definition) is 3. The standard InChI is InChI=1S/C12H16Cl2N2O2/c1-8(7-17)5-15-6-11(18)16-12-9(13)3-2-4-10(12)14/h2-4,8,15,17H,5-7H2,1H3,(H,16,18). The summed E-state index contributed by atoms with van der Waals surface area (Å²) in [5, 5.41) is 15.2. The lowest BCUT2D eigenvalue weighted by molar-refractivity contribution is -0.115. The summed E-state index contributed by atoms with van der Waals surface area (Å²) in [5.41, 5.74) is 0.419. The molecule has 1 amide bonds. The molecule has 18 heavy (non-hydrogen) atoms. The van der Waals surface area contributed by atoms with Crippen LogP contribution in [0.25, 0.3) is 0 Å². The van der Waals surface area contributed by atoms with Gasteiger partial charge in [-0.05, 0) is 18.1 Å². The third-order valence-electron chi connectivity index (χ3n) is 2.32. The second-order valence-electron chi connectivity index (χ2n) is 4.06. The van der Waals surface area contributed by atoms with Crippen molar-refractivity contribution in [2.45, 2.75) is 6.92 Å². The normalized spacial score (nSPS) is 12.2. The van der Waals surface area contributed by atoms with Crippen LogP contribution in [0.4, 0.5) is 5.69 Å². The Kier molecular flexibility index (Phi) is 6.43. The number of amides is 1. The number of nitrogens with one attached hydrogen (secondary N) is 2. The number of aliphatic hydroxyl groups excluding tert-OH is 1. The number of aliphatic hydroxyl groups is 1. The van der Waals surface area contributed by atoms with E-state index in [1.807, 2.05) is 6.92 Å². The number of anilines is 1. The van der Waals surface area contributed by atoms with Gasteiger partial charge in [-0.1, -0.05) is 36.2 Å². The fourth-order valence-corrected chi connectivity index (χ4v) is 1.79. The van der Waals surface area contributed by atoms with Gasteiger partial charge in [0.25, 0.3) is 0 Å². The Morgan fingerprint density at radius 1 is 1.39 bits per heavy atom. The van der Waals surface area contributed by atoms with E-state index in [-0.39, 0.29) is 25.0 Å². The van der Waals surface area contributed by atoms with Crippen LogP contribution in [0, 0.1) is 5.92 Å².